The van der Waals surface area contributed by atoms with E-state index in [9.17, 15) is 0 Å². The van der Waals surface area contributed by atoms with Gasteiger partial charge in [0.2, 0.25) is 11.7 Å². The molecule has 0 aromatic carbocycles. The maximum absolute atomic E-state index is 5.31. The molecule has 0 fully saturated rings. The first-order valence-corrected chi connectivity index (χ1v) is 6.77. The molecule has 0 bridgehead atoms. The van der Waals surface area contributed by atoms with Gasteiger partial charge >= 0.3 is 0 Å². The van der Waals surface area contributed by atoms with Gasteiger partial charge in [-0.15, -0.1) is 0 Å². The zero-order valence-corrected chi connectivity index (χ0v) is 11.7. The van der Waals surface area contributed by atoms with Crippen LogP contribution >= 0.6 is 0 Å². The zero-order valence-electron chi connectivity index (χ0n) is 11.7. The van der Waals surface area contributed by atoms with Crippen molar-refractivity contribution in [3.63, 3.8) is 0 Å². The minimum atomic E-state index is 0.0648. The van der Waals surface area contributed by atoms with E-state index in [4.69, 9.17) is 4.52 Å². The highest BCUT2D eigenvalue weighted by molar-refractivity contribution is 5.53. The maximum Gasteiger partial charge on any atom is 0.243 e. The number of nitrogens with zero attached hydrogens (tertiary/aromatic N) is 3. The molecule has 0 amide bonds. The molecule has 19 heavy (non-hydrogen) atoms. The summed E-state index contributed by atoms with van der Waals surface area (Å²) in [5, 5.41) is 7.36. The normalized spacial score (nSPS) is 12.6. The second-order valence-corrected chi connectivity index (χ2v) is 4.50. The Morgan fingerprint density at radius 1 is 1.37 bits per heavy atom. The molecule has 102 valence electrons. The van der Waals surface area contributed by atoms with Crippen molar-refractivity contribution in [1.29, 1.82) is 0 Å². The molecule has 2 aromatic rings. The molecule has 2 aromatic heterocycles. The zero-order chi connectivity index (χ0) is 13.7. The van der Waals surface area contributed by atoms with Crippen LogP contribution in [0.15, 0.2) is 22.9 Å². The largest absolute Gasteiger partial charge is 0.337 e. The van der Waals surface area contributed by atoms with Crippen LogP contribution in [-0.2, 0) is 6.42 Å². The van der Waals surface area contributed by atoms with Gasteiger partial charge in [-0.3, -0.25) is 4.98 Å². The fraction of sp³-hybridized carbons (Fsp3) is 0.500. The summed E-state index contributed by atoms with van der Waals surface area (Å²) in [5.74, 6) is 1.17. The van der Waals surface area contributed by atoms with Gasteiger partial charge in [-0.2, -0.15) is 4.98 Å². The van der Waals surface area contributed by atoms with E-state index in [0.29, 0.717) is 11.7 Å². The Balaban J connectivity index is 2.20. The average Bonchev–Trinajstić information content (AvgIpc) is 2.94. The number of hydrogen-bond donors (Lipinski definition) is 1. The SMILES string of the molecule is CCCNC(C)c1nc(-c2ncccc2CC)no1. The third-order valence-electron chi connectivity index (χ3n) is 3.00. The number of aromatic nitrogens is 3. The number of hydrogen-bond acceptors (Lipinski definition) is 5. The average molecular weight is 260 g/mol. The third-order valence-corrected chi connectivity index (χ3v) is 3.00. The predicted octanol–water partition coefficient (Wildman–Crippen LogP) is 2.75. The van der Waals surface area contributed by atoms with Crippen LogP contribution in [0.4, 0.5) is 0 Å². The van der Waals surface area contributed by atoms with E-state index in [2.05, 4.69) is 34.3 Å². The summed E-state index contributed by atoms with van der Waals surface area (Å²) in [6.07, 6.45) is 3.73. The summed E-state index contributed by atoms with van der Waals surface area (Å²) in [5.41, 5.74) is 1.94. The van der Waals surface area contributed by atoms with E-state index >= 15 is 0 Å². The first-order chi connectivity index (χ1) is 9.26. The van der Waals surface area contributed by atoms with Gasteiger partial charge in [0.15, 0.2) is 0 Å². The quantitative estimate of drug-likeness (QED) is 0.865. The molecule has 0 aliphatic rings. The van der Waals surface area contributed by atoms with E-state index < -0.39 is 0 Å². The van der Waals surface area contributed by atoms with Crippen molar-refractivity contribution >= 4 is 0 Å². The predicted molar refractivity (Wildman–Crippen MR) is 73.6 cm³/mol. The molecular formula is C14H20N4O. The summed E-state index contributed by atoms with van der Waals surface area (Å²) >= 11 is 0. The number of nitrogens with one attached hydrogen (secondary N) is 1. The van der Waals surface area contributed by atoms with Crippen molar-refractivity contribution in [1.82, 2.24) is 20.4 Å². The monoisotopic (exact) mass is 260 g/mol. The van der Waals surface area contributed by atoms with Gasteiger partial charge in [-0.25, -0.2) is 0 Å². The Labute approximate surface area is 113 Å². The summed E-state index contributed by atoms with van der Waals surface area (Å²) in [6, 6.07) is 4.03. The maximum atomic E-state index is 5.31. The summed E-state index contributed by atoms with van der Waals surface area (Å²) in [4.78, 5) is 8.79. The molecule has 0 aliphatic carbocycles. The van der Waals surface area contributed by atoms with Gasteiger partial charge in [0.05, 0.1) is 6.04 Å². The fourth-order valence-corrected chi connectivity index (χ4v) is 1.88. The Bertz CT molecular complexity index is 524. The van der Waals surface area contributed by atoms with Gasteiger partial charge in [0.1, 0.15) is 5.69 Å². The number of pyridine rings is 1. The highest BCUT2D eigenvalue weighted by atomic mass is 16.5. The van der Waals surface area contributed by atoms with E-state index in [1.54, 1.807) is 6.20 Å². The lowest BCUT2D eigenvalue weighted by atomic mass is 10.1. The van der Waals surface area contributed by atoms with Crippen molar-refractivity contribution in [2.24, 2.45) is 0 Å². The van der Waals surface area contributed by atoms with Crippen LogP contribution in [0.2, 0.25) is 0 Å². The molecule has 0 radical (unpaired) electrons. The molecule has 1 N–H and O–H groups in total. The van der Waals surface area contributed by atoms with Crippen LogP contribution in [0.1, 0.15) is 44.7 Å². The van der Waals surface area contributed by atoms with Gasteiger partial charge in [-0.1, -0.05) is 25.1 Å². The van der Waals surface area contributed by atoms with Gasteiger partial charge in [-0.05, 0) is 37.9 Å². The Morgan fingerprint density at radius 3 is 2.95 bits per heavy atom. The van der Waals surface area contributed by atoms with Crippen LogP contribution in [0.5, 0.6) is 0 Å². The lowest BCUT2D eigenvalue weighted by molar-refractivity contribution is 0.340. The van der Waals surface area contributed by atoms with Gasteiger partial charge < -0.3 is 9.84 Å². The topological polar surface area (TPSA) is 63.8 Å². The number of rotatable bonds is 6. The van der Waals surface area contributed by atoms with Crippen molar-refractivity contribution in [3.05, 3.63) is 29.8 Å². The molecular weight excluding hydrogens is 240 g/mol. The highest BCUT2D eigenvalue weighted by Gasteiger charge is 2.16. The van der Waals surface area contributed by atoms with Crippen LogP contribution in [0.3, 0.4) is 0 Å². The van der Waals surface area contributed by atoms with Gasteiger partial charge in [0.25, 0.3) is 0 Å². The van der Waals surface area contributed by atoms with Crippen LogP contribution < -0.4 is 5.32 Å². The molecule has 0 aliphatic heterocycles. The molecule has 0 saturated heterocycles. The second kappa shape index (κ2) is 6.43. The minimum absolute atomic E-state index is 0.0648. The Kier molecular flexibility index (Phi) is 4.63. The van der Waals surface area contributed by atoms with Crippen LogP contribution in [0.25, 0.3) is 11.5 Å². The smallest absolute Gasteiger partial charge is 0.243 e. The standard InChI is InChI=1S/C14H20N4O/c1-4-8-15-10(3)14-17-13(18-19-14)12-11(5-2)7-6-9-16-12/h6-7,9-10,15H,4-5,8H2,1-3H3. The van der Waals surface area contributed by atoms with E-state index in [1.807, 2.05) is 19.1 Å². The lowest BCUT2D eigenvalue weighted by Crippen LogP contribution is -2.19. The summed E-state index contributed by atoms with van der Waals surface area (Å²) < 4.78 is 5.31. The lowest BCUT2D eigenvalue weighted by Gasteiger charge is -2.07. The minimum Gasteiger partial charge on any atom is -0.337 e. The van der Waals surface area contributed by atoms with E-state index in [1.165, 1.54) is 0 Å². The van der Waals surface area contributed by atoms with Crippen molar-refractivity contribution < 1.29 is 4.52 Å². The van der Waals surface area contributed by atoms with E-state index in [0.717, 1.165) is 30.6 Å². The Hall–Kier alpha value is -1.75. The first kappa shape index (κ1) is 13.7. The summed E-state index contributed by atoms with van der Waals surface area (Å²) in [6.45, 7) is 7.17. The van der Waals surface area contributed by atoms with Crippen molar-refractivity contribution in [2.75, 3.05) is 6.54 Å². The molecule has 0 saturated carbocycles. The molecule has 2 rings (SSSR count). The number of aryl methyl sites for hydroxylation is 1. The van der Waals surface area contributed by atoms with Crippen LogP contribution in [0, 0.1) is 0 Å². The van der Waals surface area contributed by atoms with Crippen LogP contribution in [-0.4, -0.2) is 21.7 Å². The third kappa shape index (κ3) is 3.17. The molecule has 1 atom stereocenters. The second-order valence-electron chi connectivity index (χ2n) is 4.50. The molecule has 0 spiro atoms. The fourth-order valence-electron chi connectivity index (χ4n) is 1.88. The van der Waals surface area contributed by atoms with E-state index in [-0.39, 0.29) is 6.04 Å². The van der Waals surface area contributed by atoms with Gasteiger partial charge in [0, 0.05) is 6.20 Å². The molecule has 1 unspecified atom stereocenters. The van der Waals surface area contributed by atoms with Crippen molar-refractivity contribution in [3.8, 4) is 11.5 Å². The molecule has 5 nitrogen and oxygen atoms in total. The highest BCUT2D eigenvalue weighted by Crippen LogP contribution is 2.20. The Morgan fingerprint density at radius 2 is 2.21 bits per heavy atom. The first-order valence-electron chi connectivity index (χ1n) is 6.77. The molecule has 5 heteroatoms. The summed E-state index contributed by atoms with van der Waals surface area (Å²) in [7, 11) is 0. The van der Waals surface area contributed by atoms with Crippen molar-refractivity contribution in [2.45, 2.75) is 39.7 Å². The molecule has 2 heterocycles.